The van der Waals surface area contributed by atoms with Crippen molar-refractivity contribution in [3.05, 3.63) is 56.6 Å². The average molecular weight is 338 g/mol. The van der Waals surface area contributed by atoms with E-state index in [0.29, 0.717) is 11.8 Å². The highest BCUT2D eigenvalue weighted by Crippen LogP contribution is 2.30. The molecule has 0 aliphatic heterocycles. The van der Waals surface area contributed by atoms with Crippen LogP contribution in [0.5, 0.6) is 0 Å². The molecule has 0 atom stereocenters. The highest BCUT2D eigenvalue weighted by atomic mass is 79.9. The molecule has 0 saturated heterocycles. The maximum absolute atomic E-state index is 11.6. The number of hydrogen-bond donors (Lipinski definition) is 0. The molecule has 0 spiro atoms. The van der Waals surface area contributed by atoms with E-state index in [1.54, 1.807) is 18.3 Å². The van der Waals surface area contributed by atoms with Crippen molar-refractivity contribution in [1.29, 1.82) is 0 Å². The third-order valence-corrected chi connectivity index (χ3v) is 4.07. The van der Waals surface area contributed by atoms with Crippen LogP contribution in [0.3, 0.4) is 0 Å². The zero-order chi connectivity index (χ0) is 13.2. The molecular weight excluding hydrogens is 330 g/mol. The largest absolute Gasteiger partial charge is 0.418 e. The van der Waals surface area contributed by atoms with Crippen molar-refractivity contribution in [3.8, 4) is 10.8 Å². The minimum Gasteiger partial charge on any atom is -0.418 e. The maximum atomic E-state index is 11.6. The number of halogens is 1. The van der Waals surface area contributed by atoms with Crippen molar-refractivity contribution < 1.29 is 4.42 Å². The van der Waals surface area contributed by atoms with E-state index in [1.165, 1.54) is 22.0 Å². The summed E-state index contributed by atoms with van der Waals surface area (Å²) in [6.07, 6.45) is 1.69. The number of thiophene rings is 1. The Morgan fingerprint density at radius 1 is 1.26 bits per heavy atom. The second kappa shape index (κ2) is 5.10. The van der Waals surface area contributed by atoms with Gasteiger partial charge < -0.3 is 8.98 Å². The first-order valence-electron chi connectivity index (χ1n) is 5.46. The molecule has 3 rings (SSSR count). The third kappa shape index (κ3) is 2.66. The lowest BCUT2D eigenvalue weighted by molar-refractivity contribution is 0.485. The van der Waals surface area contributed by atoms with Gasteiger partial charge in [0.15, 0.2) is 0 Å². The van der Waals surface area contributed by atoms with Crippen molar-refractivity contribution in [3.63, 3.8) is 0 Å². The van der Waals surface area contributed by atoms with Crippen LogP contribution in [0.2, 0.25) is 0 Å². The summed E-state index contributed by atoms with van der Waals surface area (Å²) in [5.41, 5.74) is -0.0962. The van der Waals surface area contributed by atoms with Gasteiger partial charge in [0.2, 0.25) is 5.89 Å². The van der Waals surface area contributed by atoms with Crippen molar-refractivity contribution >= 4 is 27.3 Å². The number of nitrogens with zero attached hydrogens (tertiary/aromatic N) is 3. The summed E-state index contributed by atoms with van der Waals surface area (Å²) < 4.78 is 8.07. The van der Waals surface area contributed by atoms with E-state index >= 15 is 0 Å². The van der Waals surface area contributed by atoms with Crippen molar-refractivity contribution in [2.75, 3.05) is 0 Å². The van der Waals surface area contributed by atoms with Crippen LogP contribution >= 0.6 is 27.3 Å². The molecule has 3 heterocycles. The number of hydrogen-bond acceptors (Lipinski definition) is 5. The van der Waals surface area contributed by atoms with Gasteiger partial charge in [-0.25, -0.2) is 0 Å². The minimum atomic E-state index is -0.0962. The lowest BCUT2D eigenvalue weighted by atomic mass is 10.4. The van der Waals surface area contributed by atoms with Crippen LogP contribution in [0.15, 0.2) is 49.5 Å². The summed E-state index contributed by atoms with van der Waals surface area (Å²) in [7, 11) is 0. The van der Waals surface area contributed by atoms with Crippen LogP contribution in [-0.2, 0) is 6.54 Å². The zero-order valence-electron chi connectivity index (χ0n) is 9.62. The molecule has 19 heavy (non-hydrogen) atoms. The summed E-state index contributed by atoms with van der Waals surface area (Å²) in [5.74, 6) is 0.877. The Labute approximate surface area is 120 Å². The van der Waals surface area contributed by atoms with E-state index in [2.05, 4.69) is 26.1 Å². The van der Waals surface area contributed by atoms with Crippen molar-refractivity contribution in [2.45, 2.75) is 6.54 Å². The second-order valence-corrected chi connectivity index (χ2v) is 6.23. The van der Waals surface area contributed by atoms with Gasteiger partial charge in [-0.15, -0.1) is 21.5 Å². The van der Waals surface area contributed by atoms with Crippen LogP contribution < -0.4 is 5.56 Å². The molecule has 0 saturated carbocycles. The van der Waals surface area contributed by atoms with Crippen molar-refractivity contribution in [2.24, 2.45) is 0 Å². The molecule has 3 aromatic heterocycles. The van der Waals surface area contributed by atoms with E-state index in [9.17, 15) is 4.79 Å². The summed E-state index contributed by atoms with van der Waals surface area (Å²) in [4.78, 5) is 12.5. The average Bonchev–Trinajstić information content (AvgIpc) is 3.01. The predicted octanol–water partition coefficient (Wildman–Crippen LogP) is 2.77. The molecule has 0 unspecified atom stereocenters. The molecule has 7 heteroatoms. The first-order valence-corrected chi connectivity index (χ1v) is 7.07. The van der Waals surface area contributed by atoms with Crippen LogP contribution in [0.4, 0.5) is 0 Å². The van der Waals surface area contributed by atoms with Gasteiger partial charge in [0, 0.05) is 12.3 Å². The molecule has 0 amide bonds. The topological polar surface area (TPSA) is 60.9 Å². The number of pyridine rings is 1. The quantitative estimate of drug-likeness (QED) is 0.737. The summed E-state index contributed by atoms with van der Waals surface area (Å²) in [6, 6.07) is 8.80. The molecule has 0 aliphatic carbocycles. The first kappa shape index (κ1) is 12.3. The smallest absolute Gasteiger partial charge is 0.257 e. The van der Waals surface area contributed by atoms with E-state index in [1.807, 2.05) is 12.1 Å². The molecule has 0 N–H and O–H groups in total. The standard InChI is InChI=1S/C12H8BrN3O2S/c13-9-5-4-8(19-9)12-15-14-10(18-12)7-16-6-2-1-3-11(16)17/h1-6H,7H2. The lowest BCUT2D eigenvalue weighted by Crippen LogP contribution is -2.18. The Morgan fingerprint density at radius 3 is 2.89 bits per heavy atom. The van der Waals surface area contributed by atoms with Gasteiger partial charge in [0.1, 0.15) is 6.54 Å². The van der Waals surface area contributed by atoms with E-state index in [0.717, 1.165) is 8.66 Å². The van der Waals surface area contributed by atoms with Crippen LogP contribution in [0.1, 0.15) is 5.89 Å². The second-order valence-electron chi connectivity index (χ2n) is 3.77. The molecule has 0 bridgehead atoms. The Bertz CT molecular complexity index is 762. The molecule has 0 aliphatic rings. The minimum absolute atomic E-state index is 0.0962. The SMILES string of the molecule is O=c1ccccn1Cc1nnc(-c2ccc(Br)s2)o1. The Kier molecular flexibility index (Phi) is 3.31. The maximum Gasteiger partial charge on any atom is 0.257 e. The monoisotopic (exact) mass is 337 g/mol. The molecule has 5 nitrogen and oxygen atoms in total. The number of aromatic nitrogens is 3. The Morgan fingerprint density at radius 2 is 2.16 bits per heavy atom. The van der Waals surface area contributed by atoms with Crippen LogP contribution in [-0.4, -0.2) is 14.8 Å². The van der Waals surface area contributed by atoms with Gasteiger partial charge in [0.05, 0.1) is 8.66 Å². The highest BCUT2D eigenvalue weighted by molar-refractivity contribution is 9.11. The molecule has 3 aromatic rings. The summed E-state index contributed by atoms with van der Waals surface area (Å²) >= 11 is 4.90. The van der Waals surface area contributed by atoms with Crippen LogP contribution in [0.25, 0.3) is 10.8 Å². The number of rotatable bonds is 3. The third-order valence-electron chi connectivity index (χ3n) is 2.46. The fraction of sp³-hybridized carbons (Fsp3) is 0.0833. The van der Waals surface area contributed by atoms with Gasteiger partial charge in [-0.2, -0.15) is 0 Å². The summed E-state index contributed by atoms with van der Waals surface area (Å²) in [6.45, 7) is 0.277. The fourth-order valence-corrected chi connectivity index (χ4v) is 2.89. The predicted molar refractivity (Wildman–Crippen MR) is 75.1 cm³/mol. The molecule has 96 valence electrons. The van der Waals surface area contributed by atoms with Gasteiger partial charge in [-0.3, -0.25) is 4.79 Å². The van der Waals surface area contributed by atoms with Gasteiger partial charge in [0.25, 0.3) is 11.4 Å². The van der Waals surface area contributed by atoms with E-state index in [4.69, 9.17) is 4.42 Å². The van der Waals surface area contributed by atoms with Gasteiger partial charge >= 0.3 is 0 Å². The molecule has 0 fully saturated rings. The van der Waals surface area contributed by atoms with Crippen LogP contribution in [0, 0.1) is 0 Å². The Balaban J connectivity index is 1.86. The lowest BCUT2D eigenvalue weighted by Gasteiger charge is -1.99. The fourth-order valence-electron chi connectivity index (χ4n) is 1.58. The first-order chi connectivity index (χ1) is 9.22. The zero-order valence-corrected chi connectivity index (χ0v) is 12.0. The Hall–Kier alpha value is -1.73. The van der Waals surface area contributed by atoms with Crippen molar-refractivity contribution in [1.82, 2.24) is 14.8 Å². The van der Waals surface area contributed by atoms with E-state index in [-0.39, 0.29) is 12.1 Å². The molecule has 0 aromatic carbocycles. The molecular formula is C12H8BrN3O2S. The summed E-state index contributed by atoms with van der Waals surface area (Å²) in [5, 5.41) is 7.94. The highest BCUT2D eigenvalue weighted by Gasteiger charge is 2.11. The normalized spacial score (nSPS) is 10.8. The molecule has 0 radical (unpaired) electrons. The van der Waals surface area contributed by atoms with E-state index < -0.39 is 0 Å². The van der Waals surface area contributed by atoms with Gasteiger partial charge in [-0.1, -0.05) is 6.07 Å². The van der Waals surface area contributed by atoms with Gasteiger partial charge in [-0.05, 0) is 34.1 Å².